The number of ether oxygens (including phenoxy) is 1. The summed E-state index contributed by atoms with van der Waals surface area (Å²) >= 11 is 1.33. The summed E-state index contributed by atoms with van der Waals surface area (Å²) in [6, 6.07) is 21.0. The third-order valence-corrected chi connectivity index (χ3v) is 10.4. The van der Waals surface area contributed by atoms with Crippen LogP contribution in [0.5, 0.6) is 0 Å². The molecule has 1 aliphatic rings. The molecule has 0 atom stereocenters. The Morgan fingerprint density at radius 2 is 1.60 bits per heavy atom. The van der Waals surface area contributed by atoms with Gasteiger partial charge in [-0.25, -0.2) is 13.6 Å². The van der Waals surface area contributed by atoms with Crippen LogP contribution in [0.25, 0.3) is 20.7 Å². The van der Waals surface area contributed by atoms with Gasteiger partial charge in [0.1, 0.15) is 28.1 Å². The molecule has 50 heavy (non-hydrogen) atoms. The summed E-state index contributed by atoms with van der Waals surface area (Å²) in [5, 5.41) is 3.23. The summed E-state index contributed by atoms with van der Waals surface area (Å²) in [7, 11) is 1.96. The predicted molar refractivity (Wildman–Crippen MR) is 194 cm³/mol. The van der Waals surface area contributed by atoms with Crippen LogP contribution in [-0.2, 0) is 29.2 Å². The fourth-order valence-electron chi connectivity index (χ4n) is 6.41. The number of hydrogen-bond acceptors (Lipinski definition) is 6. The third kappa shape index (κ3) is 7.87. The summed E-state index contributed by atoms with van der Waals surface area (Å²) in [4.78, 5) is 43.9. The van der Waals surface area contributed by atoms with Crippen molar-refractivity contribution in [1.82, 2.24) is 9.47 Å². The molecule has 5 aromatic rings. The number of amides is 1. The van der Waals surface area contributed by atoms with E-state index in [1.807, 2.05) is 75.5 Å². The van der Waals surface area contributed by atoms with E-state index in [9.17, 15) is 14.4 Å². The number of carbonyl (C=O) groups is 2. The van der Waals surface area contributed by atoms with Gasteiger partial charge in [0.25, 0.3) is 0 Å². The van der Waals surface area contributed by atoms with Gasteiger partial charge in [0.2, 0.25) is 11.3 Å². The van der Waals surface area contributed by atoms with Gasteiger partial charge in [0.05, 0.1) is 11.9 Å². The molecular formula is C40H41F2N3O4S. The molecule has 1 aliphatic carbocycles. The van der Waals surface area contributed by atoms with E-state index in [0.29, 0.717) is 34.6 Å². The standard InChI is InChI=1S/C40H41F2N3O4S/c1-25(2)38(47)43-28-19-17-27(18-20-28)37-31(22-44(3)21-26-11-6-4-7-12-26)35-36(46)32(40(48)49-29-13-8-5-9-14-29)24-45(39(35)50-37)23-30-33(41)15-10-16-34(30)42/h4,6-7,10-12,15-20,24-25,29H,5,8-9,13-14,21-23H2,1-3H3,(H,43,47). The number of rotatable bonds is 11. The highest BCUT2D eigenvalue weighted by Crippen LogP contribution is 2.39. The molecule has 0 unspecified atom stereocenters. The molecule has 10 heteroatoms. The number of anilines is 1. The molecule has 1 N–H and O–H groups in total. The molecular weight excluding hydrogens is 657 g/mol. The molecule has 2 heterocycles. The van der Waals surface area contributed by atoms with Crippen LogP contribution in [0.3, 0.4) is 0 Å². The number of esters is 1. The fraction of sp³-hybridized carbons (Fsp3) is 0.325. The molecule has 0 aliphatic heterocycles. The van der Waals surface area contributed by atoms with Gasteiger partial charge in [-0.2, -0.15) is 0 Å². The maximum atomic E-state index is 15.1. The Labute approximate surface area is 294 Å². The van der Waals surface area contributed by atoms with E-state index in [0.717, 1.165) is 48.1 Å². The number of nitrogens with one attached hydrogen (secondary N) is 1. The van der Waals surface area contributed by atoms with Gasteiger partial charge in [0.15, 0.2) is 0 Å². The van der Waals surface area contributed by atoms with Gasteiger partial charge in [-0.15, -0.1) is 11.3 Å². The average molecular weight is 698 g/mol. The minimum atomic E-state index is -0.729. The summed E-state index contributed by atoms with van der Waals surface area (Å²) in [6.45, 7) is 4.34. The Balaban J connectivity index is 1.51. The van der Waals surface area contributed by atoms with Crippen molar-refractivity contribution >= 4 is 39.1 Å². The maximum absolute atomic E-state index is 15.1. The lowest BCUT2D eigenvalue weighted by Gasteiger charge is -2.22. The highest BCUT2D eigenvalue weighted by Gasteiger charge is 2.27. The van der Waals surface area contributed by atoms with Crippen molar-refractivity contribution in [1.29, 1.82) is 0 Å². The van der Waals surface area contributed by atoms with E-state index in [2.05, 4.69) is 10.2 Å². The zero-order valence-electron chi connectivity index (χ0n) is 28.5. The van der Waals surface area contributed by atoms with Crippen molar-refractivity contribution in [2.24, 2.45) is 5.92 Å². The first-order valence-corrected chi connectivity index (χ1v) is 17.9. The van der Waals surface area contributed by atoms with Gasteiger partial charge in [-0.05, 0) is 73.7 Å². The largest absolute Gasteiger partial charge is 0.459 e. The van der Waals surface area contributed by atoms with Crippen LogP contribution < -0.4 is 10.7 Å². The number of fused-ring (bicyclic) bond motifs is 1. The van der Waals surface area contributed by atoms with Crippen molar-refractivity contribution in [3.8, 4) is 10.4 Å². The van der Waals surface area contributed by atoms with Crippen LogP contribution in [0, 0.1) is 17.6 Å². The second-order valence-electron chi connectivity index (χ2n) is 13.3. The van der Waals surface area contributed by atoms with E-state index in [1.54, 1.807) is 4.57 Å². The molecule has 2 aromatic heterocycles. The van der Waals surface area contributed by atoms with E-state index >= 15 is 8.78 Å². The monoisotopic (exact) mass is 697 g/mol. The van der Waals surface area contributed by atoms with Crippen LogP contribution in [-0.4, -0.2) is 34.5 Å². The SMILES string of the molecule is CC(C)C(=O)Nc1ccc(-c2sc3c(c2CN(C)Cc2ccccc2)c(=O)c(C(=O)OC2CCCCC2)cn3Cc2c(F)cccc2F)cc1. The highest BCUT2D eigenvalue weighted by molar-refractivity contribution is 7.22. The Morgan fingerprint density at radius 3 is 2.26 bits per heavy atom. The third-order valence-electron chi connectivity index (χ3n) is 9.10. The topological polar surface area (TPSA) is 80.6 Å². The van der Waals surface area contributed by atoms with Crippen LogP contribution >= 0.6 is 11.3 Å². The van der Waals surface area contributed by atoms with Crippen molar-refractivity contribution in [2.75, 3.05) is 12.4 Å². The molecule has 260 valence electrons. The van der Waals surface area contributed by atoms with Crippen LogP contribution in [0.2, 0.25) is 0 Å². The molecule has 0 spiro atoms. The molecule has 1 amide bonds. The van der Waals surface area contributed by atoms with Gasteiger partial charge in [0, 0.05) is 41.3 Å². The lowest BCUT2D eigenvalue weighted by molar-refractivity contribution is -0.118. The summed E-state index contributed by atoms with van der Waals surface area (Å²) in [5.41, 5.74) is 2.41. The van der Waals surface area contributed by atoms with E-state index in [4.69, 9.17) is 4.74 Å². The first-order chi connectivity index (χ1) is 24.1. The van der Waals surface area contributed by atoms with E-state index < -0.39 is 23.0 Å². The number of hydrogen-bond donors (Lipinski definition) is 1. The first kappa shape index (κ1) is 35.2. The minimum absolute atomic E-state index is 0.104. The van der Waals surface area contributed by atoms with Gasteiger partial charge < -0.3 is 14.6 Å². The quantitative estimate of drug-likeness (QED) is 0.140. The normalized spacial score (nSPS) is 13.7. The number of benzene rings is 3. The van der Waals surface area contributed by atoms with Crippen LogP contribution in [0.4, 0.5) is 14.5 Å². The van der Waals surface area contributed by atoms with Crippen molar-refractivity contribution in [2.45, 2.75) is 71.7 Å². The summed E-state index contributed by atoms with van der Waals surface area (Å²) in [5.74, 6) is -2.46. The second-order valence-corrected chi connectivity index (χ2v) is 14.3. The average Bonchev–Trinajstić information content (AvgIpc) is 3.48. The summed E-state index contributed by atoms with van der Waals surface area (Å²) < 4.78 is 37.6. The molecule has 0 saturated heterocycles. The van der Waals surface area contributed by atoms with Gasteiger partial charge in [-0.3, -0.25) is 14.5 Å². The number of thiophene rings is 1. The fourth-order valence-corrected chi connectivity index (χ4v) is 7.70. The number of aromatic nitrogens is 1. The molecule has 0 radical (unpaired) electrons. The smallest absolute Gasteiger partial charge is 0.343 e. The van der Waals surface area contributed by atoms with E-state index in [1.165, 1.54) is 35.7 Å². The molecule has 1 saturated carbocycles. The van der Waals surface area contributed by atoms with Crippen molar-refractivity contribution in [3.63, 3.8) is 0 Å². The second kappa shape index (κ2) is 15.5. The van der Waals surface area contributed by atoms with Gasteiger partial charge in [-0.1, -0.05) is 68.8 Å². The Hall–Kier alpha value is -4.67. The van der Waals surface area contributed by atoms with Crippen LogP contribution in [0.15, 0.2) is 83.8 Å². The number of carbonyl (C=O) groups excluding carboxylic acids is 2. The first-order valence-electron chi connectivity index (χ1n) is 17.1. The highest BCUT2D eigenvalue weighted by atomic mass is 32.1. The number of halogens is 2. The van der Waals surface area contributed by atoms with E-state index in [-0.39, 0.29) is 35.6 Å². The molecule has 6 rings (SSSR count). The van der Waals surface area contributed by atoms with Crippen molar-refractivity contribution in [3.05, 3.63) is 123 Å². The molecule has 3 aromatic carbocycles. The maximum Gasteiger partial charge on any atom is 0.343 e. The Kier molecular flexibility index (Phi) is 10.9. The number of pyridine rings is 1. The predicted octanol–water partition coefficient (Wildman–Crippen LogP) is 8.77. The Morgan fingerprint density at radius 1 is 0.920 bits per heavy atom. The molecule has 7 nitrogen and oxygen atoms in total. The molecule has 0 bridgehead atoms. The molecule has 1 fully saturated rings. The zero-order chi connectivity index (χ0) is 35.4. The lowest BCUT2D eigenvalue weighted by atomic mass is 9.98. The Bertz CT molecular complexity index is 2030. The van der Waals surface area contributed by atoms with Gasteiger partial charge >= 0.3 is 5.97 Å². The van der Waals surface area contributed by atoms with Crippen LogP contribution in [0.1, 0.15) is 73.0 Å². The number of nitrogens with zero attached hydrogens (tertiary/aromatic N) is 2. The zero-order valence-corrected chi connectivity index (χ0v) is 29.3. The minimum Gasteiger partial charge on any atom is -0.459 e. The lowest BCUT2D eigenvalue weighted by Crippen LogP contribution is -2.27. The summed E-state index contributed by atoms with van der Waals surface area (Å²) in [6.07, 6.45) is 5.53. The van der Waals surface area contributed by atoms with Crippen molar-refractivity contribution < 1.29 is 23.1 Å².